The zero-order valence-corrected chi connectivity index (χ0v) is 14.7. The minimum absolute atomic E-state index is 0. The Morgan fingerprint density at radius 1 is 1.11 bits per heavy atom. The number of carboxylic acid groups (broad SMARTS) is 3. The van der Waals surface area contributed by atoms with Gasteiger partial charge in [-0.3, -0.25) is 4.79 Å². The minimum atomic E-state index is -1.82. The van der Waals surface area contributed by atoms with Gasteiger partial charge in [-0.15, -0.1) is 0 Å². The molecule has 0 saturated carbocycles. The lowest BCUT2D eigenvalue weighted by Crippen LogP contribution is -2.46. The fourth-order valence-corrected chi connectivity index (χ4v) is 2.04. The average Bonchev–Trinajstić information content (AvgIpc) is 3.09. The Hall–Kier alpha value is -3.37. The summed E-state index contributed by atoms with van der Waals surface area (Å²) < 4.78 is 7.25. The number of aliphatic carboxylic acids is 3. The second-order valence-corrected chi connectivity index (χ2v) is 5.61. The summed E-state index contributed by atoms with van der Waals surface area (Å²) in [4.78, 5) is 29.3. The van der Waals surface area contributed by atoms with E-state index in [4.69, 9.17) is 35.4 Å². The van der Waals surface area contributed by atoms with E-state index in [1.807, 2.05) is 47.3 Å². The maximum Gasteiger partial charge on any atom is 0.414 e. The molecule has 10 nitrogen and oxygen atoms in total. The van der Waals surface area contributed by atoms with Gasteiger partial charge in [-0.25, -0.2) is 9.59 Å². The first-order valence-electron chi connectivity index (χ1n) is 7.37. The van der Waals surface area contributed by atoms with Gasteiger partial charge >= 0.3 is 17.9 Å². The van der Waals surface area contributed by atoms with Gasteiger partial charge in [0.25, 0.3) is 0 Å². The first kappa shape index (κ1) is 23.6. The van der Waals surface area contributed by atoms with E-state index >= 15 is 0 Å². The molecular formula is C17H22N2O8. The van der Waals surface area contributed by atoms with E-state index in [2.05, 4.69) is 0 Å². The molecule has 0 radical (unpaired) electrons. The maximum atomic E-state index is 11.1. The van der Waals surface area contributed by atoms with Crippen LogP contribution in [0.4, 0.5) is 0 Å². The molecule has 1 atom stereocenters. The third kappa shape index (κ3) is 6.80. The van der Waals surface area contributed by atoms with Crippen LogP contribution < -0.4 is 10.5 Å². The van der Waals surface area contributed by atoms with Crippen molar-refractivity contribution in [3.8, 4) is 11.4 Å². The van der Waals surface area contributed by atoms with Crippen LogP contribution >= 0.6 is 0 Å². The van der Waals surface area contributed by atoms with Crippen molar-refractivity contribution in [2.24, 2.45) is 5.73 Å². The van der Waals surface area contributed by atoms with E-state index in [0.717, 1.165) is 17.0 Å². The number of carboxylic acids is 3. The van der Waals surface area contributed by atoms with Crippen molar-refractivity contribution in [3.63, 3.8) is 0 Å². The highest BCUT2D eigenvalue weighted by Gasteiger charge is 2.28. The van der Waals surface area contributed by atoms with Gasteiger partial charge in [0.15, 0.2) is 0 Å². The van der Waals surface area contributed by atoms with Crippen molar-refractivity contribution in [3.05, 3.63) is 48.3 Å². The van der Waals surface area contributed by atoms with Crippen LogP contribution in [0.15, 0.2) is 42.7 Å². The number of ether oxygens (including phenoxy) is 1. The first-order valence-corrected chi connectivity index (χ1v) is 7.37. The van der Waals surface area contributed by atoms with Crippen LogP contribution in [-0.4, -0.2) is 55.9 Å². The lowest BCUT2D eigenvalue weighted by molar-refractivity contribution is -0.159. The Morgan fingerprint density at radius 3 is 2.04 bits per heavy atom. The number of nitrogens with two attached hydrogens (primary N) is 1. The molecule has 0 bridgehead atoms. The number of carbonyl (C=O) groups is 3. The van der Waals surface area contributed by atoms with Crippen LogP contribution in [0.2, 0.25) is 0 Å². The monoisotopic (exact) mass is 382 g/mol. The highest BCUT2D eigenvalue weighted by Crippen LogP contribution is 2.25. The maximum absolute atomic E-state index is 11.1. The Balaban J connectivity index is 0.000000842. The summed E-state index contributed by atoms with van der Waals surface area (Å²) in [5, 5.41) is 23.9. The van der Waals surface area contributed by atoms with E-state index in [0.29, 0.717) is 0 Å². The zero-order valence-electron chi connectivity index (χ0n) is 14.7. The third-order valence-corrected chi connectivity index (χ3v) is 3.37. The molecule has 148 valence electrons. The third-order valence-electron chi connectivity index (χ3n) is 3.37. The molecule has 1 aromatic carbocycles. The second kappa shape index (κ2) is 9.94. The number of hydrogen-bond acceptors (Lipinski definition) is 5. The van der Waals surface area contributed by atoms with Crippen LogP contribution in [-0.2, 0) is 20.8 Å². The van der Waals surface area contributed by atoms with Crippen molar-refractivity contribution in [1.29, 1.82) is 0 Å². The van der Waals surface area contributed by atoms with E-state index in [-0.39, 0.29) is 11.9 Å². The van der Waals surface area contributed by atoms with Gasteiger partial charge in [0, 0.05) is 18.8 Å². The van der Waals surface area contributed by atoms with E-state index in [9.17, 15) is 4.79 Å². The van der Waals surface area contributed by atoms with Crippen LogP contribution in [0, 0.1) is 0 Å². The Labute approximate surface area is 154 Å². The fraction of sp³-hybridized carbons (Fsp3) is 0.235. The number of rotatable bonds is 5. The molecule has 0 aliphatic rings. The molecule has 1 heterocycles. The Kier molecular flexibility index (Phi) is 8.70. The molecule has 27 heavy (non-hydrogen) atoms. The molecule has 0 fully saturated rings. The van der Waals surface area contributed by atoms with Crippen molar-refractivity contribution in [2.75, 3.05) is 7.11 Å². The fourth-order valence-electron chi connectivity index (χ4n) is 2.04. The highest BCUT2D eigenvalue weighted by atomic mass is 16.5. The second-order valence-electron chi connectivity index (χ2n) is 5.61. The largest absolute Gasteiger partial charge is 0.495 e. The number of nitrogens with zero attached hydrogens (tertiary/aromatic N) is 1. The lowest BCUT2D eigenvalue weighted by Gasteiger charge is -2.20. The van der Waals surface area contributed by atoms with Crippen molar-refractivity contribution in [2.45, 2.75) is 18.9 Å². The molecule has 0 amide bonds. The summed E-state index contributed by atoms with van der Waals surface area (Å²) in [6.45, 7) is 1.51. The molecule has 10 heteroatoms. The van der Waals surface area contributed by atoms with Crippen molar-refractivity contribution < 1.29 is 39.9 Å². The standard InChI is InChI=1S/C15H18N2O3.C2H2O4.H2O/c1-15(16,14(18)19)10-11-5-6-13(20-2)12(9-11)17-7-3-4-8-17;3-1(4)2(5)6;/h3-9H,10,16H2,1-2H3,(H,18,19);(H,3,4)(H,5,6);1H2/t15-;;/m1../s1. The summed E-state index contributed by atoms with van der Waals surface area (Å²) in [6, 6.07) is 9.38. The molecule has 2 aromatic rings. The summed E-state index contributed by atoms with van der Waals surface area (Å²) in [6.07, 6.45) is 4.06. The predicted molar refractivity (Wildman–Crippen MR) is 95.1 cm³/mol. The van der Waals surface area contributed by atoms with Gasteiger partial charge in [-0.05, 0) is 36.8 Å². The molecule has 0 aliphatic carbocycles. The van der Waals surface area contributed by atoms with Gasteiger partial charge in [0.1, 0.15) is 11.3 Å². The van der Waals surface area contributed by atoms with Gasteiger partial charge in [0.2, 0.25) is 0 Å². The van der Waals surface area contributed by atoms with E-state index in [1.54, 1.807) is 7.11 Å². The molecule has 0 unspecified atom stereocenters. The van der Waals surface area contributed by atoms with Crippen molar-refractivity contribution >= 4 is 17.9 Å². The summed E-state index contributed by atoms with van der Waals surface area (Å²) in [5.41, 5.74) is 6.21. The van der Waals surface area contributed by atoms with Crippen LogP contribution in [0.1, 0.15) is 12.5 Å². The normalized spacial score (nSPS) is 11.8. The Bertz CT molecular complexity index is 772. The number of aromatic nitrogens is 1. The van der Waals surface area contributed by atoms with Gasteiger partial charge in [-0.1, -0.05) is 6.07 Å². The van der Waals surface area contributed by atoms with Crippen LogP contribution in [0.5, 0.6) is 5.75 Å². The highest BCUT2D eigenvalue weighted by molar-refractivity contribution is 6.27. The van der Waals surface area contributed by atoms with Crippen molar-refractivity contribution in [1.82, 2.24) is 4.57 Å². The Morgan fingerprint density at radius 2 is 1.63 bits per heavy atom. The molecule has 0 spiro atoms. The topological polar surface area (TPSA) is 184 Å². The summed E-state index contributed by atoms with van der Waals surface area (Å²) in [7, 11) is 1.60. The summed E-state index contributed by atoms with van der Waals surface area (Å²) >= 11 is 0. The first-order chi connectivity index (χ1) is 12.1. The number of hydrogen-bond donors (Lipinski definition) is 4. The van der Waals surface area contributed by atoms with E-state index < -0.39 is 23.4 Å². The van der Waals surface area contributed by atoms with Crippen LogP contribution in [0.3, 0.4) is 0 Å². The number of benzene rings is 1. The SMILES string of the molecule is COc1ccc(C[C@@](C)(N)C(=O)O)cc1-n1cccc1.O.O=C(O)C(=O)O. The quantitative estimate of drug-likeness (QED) is 0.527. The minimum Gasteiger partial charge on any atom is -0.495 e. The van der Waals surface area contributed by atoms with Gasteiger partial charge in [-0.2, -0.15) is 0 Å². The molecule has 2 rings (SSSR count). The molecule has 1 aromatic heterocycles. The average molecular weight is 382 g/mol. The summed E-state index contributed by atoms with van der Waals surface area (Å²) in [5.74, 6) is -3.94. The smallest absolute Gasteiger partial charge is 0.414 e. The van der Waals surface area contributed by atoms with E-state index in [1.165, 1.54) is 6.92 Å². The molecule has 0 aliphatic heterocycles. The van der Waals surface area contributed by atoms with Crippen LogP contribution in [0.25, 0.3) is 5.69 Å². The lowest BCUT2D eigenvalue weighted by atomic mass is 9.94. The molecule has 0 saturated heterocycles. The van der Waals surface area contributed by atoms with Gasteiger partial charge in [0.05, 0.1) is 12.8 Å². The molecular weight excluding hydrogens is 360 g/mol. The zero-order chi connectivity index (χ0) is 19.9. The van der Waals surface area contributed by atoms with Gasteiger partial charge < -0.3 is 35.8 Å². The molecule has 7 N–H and O–H groups in total. The predicted octanol–water partition coefficient (Wildman–Crippen LogP) is 0.161. The number of methoxy groups -OCH3 is 1.